The van der Waals surface area contributed by atoms with Gasteiger partial charge in [-0.25, -0.2) is 4.98 Å². The van der Waals surface area contributed by atoms with Crippen LogP contribution in [0, 0.1) is 0 Å². The summed E-state index contributed by atoms with van der Waals surface area (Å²) < 4.78 is 9.57. The molecule has 0 unspecified atom stereocenters. The van der Waals surface area contributed by atoms with E-state index in [1.165, 1.54) is 13.3 Å². The number of rotatable bonds is 7. The summed E-state index contributed by atoms with van der Waals surface area (Å²) in [7, 11) is 1.51. The van der Waals surface area contributed by atoms with E-state index >= 15 is 0 Å². The van der Waals surface area contributed by atoms with Crippen molar-refractivity contribution in [2.45, 2.75) is 12.8 Å². The van der Waals surface area contributed by atoms with Crippen molar-refractivity contribution in [2.24, 2.45) is 0 Å². The lowest BCUT2D eigenvalue weighted by Gasteiger charge is -2.09. The number of carbonyl (C=O) groups excluding carboxylic acids is 2. The van der Waals surface area contributed by atoms with Crippen LogP contribution in [0.15, 0.2) is 18.3 Å². The first kappa shape index (κ1) is 18.3. The fourth-order valence-electron chi connectivity index (χ4n) is 1.33. The fourth-order valence-corrected chi connectivity index (χ4v) is 1.67. The summed E-state index contributed by atoms with van der Waals surface area (Å²) in [6.45, 7) is 0.488. The summed E-state index contributed by atoms with van der Waals surface area (Å²) in [5.74, 6) is -0.851. The summed E-state index contributed by atoms with van der Waals surface area (Å²) >= 11 is 10.6. The minimum absolute atomic E-state index is 0.0213. The zero-order chi connectivity index (χ0) is 16.4. The molecule has 1 heterocycles. The largest absolute Gasteiger partial charge is 0.463 e. The van der Waals surface area contributed by atoms with Gasteiger partial charge in [0.1, 0.15) is 11.8 Å². The van der Waals surface area contributed by atoms with Gasteiger partial charge in [0.2, 0.25) is 5.91 Å². The van der Waals surface area contributed by atoms with Crippen LogP contribution in [0.5, 0.6) is 0 Å². The van der Waals surface area contributed by atoms with Gasteiger partial charge in [-0.1, -0.05) is 11.6 Å². The molecule has 7 nitrogen and oxygen atoms in total. The first-order valence-electron chi connectivity index (χ1n) is 6.38. The van der Waals surface area contributed by atoms with Crippen molar-refractivity contribution < 1.29 is 19.1 Å². The van der Waals surface area contributed by atoms with Crippen LogP contribution in [-0.4, -0.2) is 42.3 Å². The Morgan fingerprint density at radius 3 is 2.73 bits per heavy atom. The molecule has 1 rings (SSSR count). The maximum Gasteiger partial charge on any atom is 0.306 e. The molecule has 0 aliphatic heterocycles. The molecule has 0 aliphatic rings. The fraction of sp³-hybridized carbons (Fsp3) is 0.385. The van der Waals surface area contributed by atoms with Gasteiger partial charge in [0.05, 0.1) is 24.9 Å². The zero-order valence-electron chi connectivity index (χ0n) is 11.9. The molecule has 0 aliphatic carbocycles. The highest BCUT2D eigenvalue weighted by Gasteiger charge is 2.09. The number of nitrogens with zero attached hydrogens (tertiary/aromatic N) is 1. The van der Waals surface area contributed by atoms with Crippen LogP contribution in [0.1, 0.15) is 12.8 Å². The molecular formula is C13H16ClN3O4S. The number of amides is 1. The topological polar surface area (TPSA) is 89.5 Å². The van der Waals surface area contributed by atoms with Crippen LogP contribution < -0.4 is 10.6 Å². The molecule has 0 aromatic carbocycles. The van der Waals surface area contributed by atoms with E-state index in [9.17, 15) is 9.59 Å². The number of esters is 1. The van der Waals surface area contributed by atoms with Gasteiger partial charge in [-0.3, -0.25) is 9.59 Å². The highest BCUT2D eigenvalue weighted by Crippen LogP contribution is 2.09. The summed E-state index contributed by atoms with van der Waals surface area (Å²) in [6, 6.07) is 3.26. The molecule has 22 heavy (non-hydrogen) atoms. The number of nitrogens with one attached hydrogen (secondary N) is 2. The molecule has 1 aromatic heterocycles. The number of hydrogen-bond acceptors (Lipinski definition) is 6. The second-order valence-corrected chi connectivity index (χ2v) is 4.88. The average molecular weight is 346 g/mol. The van der Waals surface area contributed by atoms with Crippen LogP contribution >= 0.6 is 23.8 Å². The molecule has 0 radical (unpaired) electrons. The van der Waals surface area contributed by atoms with Crippen LogP contribution in [0.3, 0.4) is 0 Å². The number of carbonyl (C=O) groups is 2. The highest BCUT2D eigenvalue weighted by molar-refractivity contribution is 7.80. The predicted octanol–water partition coefficient (Wildman–Crippen LogP) is 1.52. The normalized spacial score (nSPS) is 9.91. The van der Waals surface area contributed by atoms with Crippen molar-refractivity contribution in [1.82, 2.24) is 10.3 Å². The summed E-state index contributed by atoms with van der Waals surface area (Å²) in [5.41, 5.74) is 0.591. The van der Waals surface area contributed by atoms with E-state index in [0.717, 1.165) is 0 Å². The summed E-state index contributed by atoms with van der Waals surface area (Å²) in [6.07, 6.45) is 1.43. The lowest BCUT2D eigenvalue weighted by molar-refractivity contribution is -0.146. The number of thiocarbonyl (C=S) groups is 1. The Bertz CT molecular complexity index is 525. The molecular weight excluding hydrogens is 330 g/mol. The predicted molar refractivity (Wildman–Crippen MR) is 85.7 cm³/mol. The Morgan fingerprint density at radius 2 is 2.09 bits per heavy atom. The Morgan fingerprint density at radius 1 is 1.32 bits per heavy atom. The van der Waals surface area contributed by atoms with Gasteiger partial charge < -0.3 is 20.1 Å². The van der Waals surface area contributed by atoms with Gasteiger partial charge in [0, 0.05) is 13.5 Å². The first-order valence-corrected chi connectivity index (χ1v) is 7.17. The maximum absolute atomic E-state index is 11.6. The number of hydrogen-bond donors (Lipinski definition) is 2. The average Bonchev–Trinajstić information content (AvgIpc) is 2.48. The number of methoxy groups -OCH3 is 1. The molecule has 0 atom stereocenters. The SMILES string of the molecule is COCCOC(=O)CCC(=O)NC(=S)Nc1ccc(Cl)nc1. The molecule has 0 bridgehead atoms. The van der Waals surface area contributed by atoms with E-state index in [1.807, 2.05) is 0 Å². The Balaban J connectivity index is 2.25. The standard InChI is InChI=1S/C13H16ClN3O4S/c1-20-6-7-21-12(19)5-4-11(18)17-13(22)16-9-2-3-10(14)15-8-9/h2-3,8H,4-7H2,1H3,(H2,16,17,18,22). The van der Waals surface area contributed by atoms with Gasteiger partial charge in [-0.15, -0.1) is 0 Å². The maximum atomic E-state index is 11.6. The summed E-state index contributed by atoms with van der Waals surface area (Å²) in [4.78, 5) is 26.8. The second kappa shape index (κ2) is 10.0. The molecule has 120 valence electrons. The smallest absolute Gasteiger partial charge is 0.306 e. The minimum atomic E-state index is -0.465. The Hall–Kier alpha value is -1.77. The molecule has 1 aromatic rings. The molecule has 2 N–H and O–H groups in total. The van der Waals surface area contributed by atoms with Crippen LogP contribution in [0.2, 0.25) is 5.15 Å². The highest BCUT2D eigenvalue weighted by atomic mass is 35.5. The molecule has 0 spiro atoms. The molecule has 1 amide bonds. The number of halogens is 1. The number of ether oxygens (including phenoxy) is 2. The monoisotopic (exact) mass is 345 g/mol. The molecule has 0 saturated carbocycles. The number of pyridine rings is 1. The first-order chi connectivity index (χ1) is 10.5. The number of aromatic nitrogens is 1. The van der Waals surface area contributed by atoms with E-state index in [1.54, 1.807) is 12.1 Å². The molecule has 9 heteroatoms. The van der Waals surface area contributed by atoms with Crippen LogP contribution in [-0.2, 0) is 19.1 Å². The third-order valence-corrected chi connectivity index (χ3v) is 2.77. The lowest BCUT2D eigenvalue weighted by Crippen LogP contribution is -2.34. The Labute approximate surface area is 138 Å². The van der Waals surface area contributed by atoms with Crippen molar-refractivity contribution in [1.29, 1.82) is 0 Å². The van der Waals surface area contributed by atoms with Crippen molar-refractivity contribution in [3.8, 4) is 0 Å². The number of anilines is 1. The zero-order valence-corrected chi connectivity index (χ0v) is 13.5. The third kappa shape index (κ3) is 7.87. The van der Waals surface area contributed by atoms with Crippen LogP contribution in [0.4, 0.5) is 5.69 Å². The van der Waals surface area contributed by atoms with E-state index in [-0.39, 0.29) is 30.5 Å². The van der Waals surface area contributed by atoms with Gasteiger partial charge in [0.25, 0.3) is 0 Å². The van der Waals surface area contributed by atoms with Crippen molar-refractivity contribution in [2.75, 3.05) is 25.6 Å². The van der Waals surface area contributed by atoms with Gasteiger partial charge >= 0.3 is 5.97 Å². The van der Waals surface area contributed by atoms with Crippen molar-refractivity contribution in [3.63, 3.8) is 0 Å². The van der Waals surface area contributed by atoms with E-state index < -0.39 is 5.97 Å². The second-order valence-electron chi connectivity index (χ2n) is 4.09. The molecule has 0 saturated heterocycles. The van der Waals surface area contributed by atoms with Crippen LogP contribution in [0.25, 0.3) is 0 Å². The summed E-state index contributed by atoms with van der Waals surface area (Å²) in [5, 5.41) is 5.70. The Kier molecular flexibility index (Phi) is 8.34. The van der Waals surface area contributed by atoms with E-state index in [0.29, 0.717) is 17.4 Å². The van der Waals surface area contributed by atoms with E-state index in [4.69, 9.17) is 33.3 Å². The molecule has 0 fully saturated rings. The van der Waals surface area contributed by atoms with E-state index in [2.05, 4.69) is 15.6 Å². The minimum Gasteiger partial charge on any atom is -0.463 e. The third-order valence-electron chi connectivity index (χ3n) is 2.34. The van der Waals surface area contributed by atoms with Gasteiger partial charge in [-0.2, -0.15) is 0 Å². The van der Waals surface area contributed by atoms with Gasteiger partial charge in [-0.05, 0) is 24.4 Å². The quantitative estimate of drug-likeness (QED) is 0.335. The lowest BCUT2D eigenvalue weighted by atomic mass is 10.3. The van der Waals surface area contributed by atoms with Gasteiger partial charge in [0.15, 0.2) is 5.11 Å². The van der Waals surface area contributed by atoms with Crippen molar-refractivity contribution in [3.05, 3.63) is 23.5 Å². The van der Waals surface area contributed by atoms with Crippen molar-refractivity contribution >= 4 is 46.5 Å².